The Labute approximate surface area is 149 Å². The van der Waals surface area contributed by atoms with Gasteiger partial charge < -0.3 is 20.1 Å². The first-order valence-electron chi connectivity index (χ1n) is 8.73. The number of aliphatic carboxylic acids is 1. The maximum absolute atomic E-state index is 12.4. The zero-order valence-corrected chi connectivity index (χ0v) is 15.2. The number of hydrogen-bond acceptors (Lipinski definition) is 4. The van der Waals surface area contributed by atoms with Crippen molar-refractivity contribution in [2.24, 2.45) is 5.41 Å². The van der Waals surface area contributed by atoms with Gasteiger partial charge >= 0.3 is 5.97 Å². The van der Waals surface area contributed by atoms with E-state index in [0.29, 0.717) is 25.2 Å². The van der Waals surface area contributed by atoms with Gasteiger partial charge in [-0.1, -0.05) is 20.8 Å². The molecule has 1 atom stereocenters. The van der Waals surface area contributed by atoms with E-state index >= 15 is 0 Å². The summed E-state index contributed by atoms with van der Waals surface area (Å²) in [5, 5.41) is 12.0. The summed E-state index contributed by atoms with van der Waals surface area (Å²) < 4.78 is 5.33. The summed E-state index contributed by atoms with van der Waals surface area (Å²) >= 11 is 0. The van der Waals surface area contributed by atoms with Crippen molar-refractivity contribution in [3.05, 3.63) is 29.8 Å². The van der Waals surface area contributed by atoms with Gasteiger partial charge in [-0.15, -0.1) is 0 Å². The van der Waals surface area contributed by atoms with Gasteiger partial charge in [0.1, 0.15) is 6.04 Å². The second-order valence-corrected chi connectivity index (χ2v) is 7.61. The zero-order chi connectivity index (χ0) is 18.4. The van der Waals surface area contributed by atoms with E-state index in [1.54, 1.807) is 12.1 Å². The highest BCUT2D eigenvalue weighted by Crippen LogP contribution is 2.22. The molecule has 25 heavy (non-hydrogen) atoms. The molecular formula is C19H28N2O4. The number of carboxylic acids is 1. The van der Waals surface area contributed by atoms with Crippen molar-refractivity contribution < 1.29 is 19.4 Å². The molecule has 1 heterocycles. The van der Waals surface area contributed by atoms with Crippen LogP contribution in [0.5, 0.6) is 0 Å². The number of anilines is 1. The molecule has 6 heteroatoms. The maximum Gasteiger partial charge on any atom is 0.326 e. The maximum atomic E-state index is 12.4. The number of nitrogens with one attached hydrogen (secondary N) is 1. The van der Waals surface area contributed by atoms with Gasteiger partial charge in [-0.2, -0.15) is 0 Å². The Hall–Kier alpha value is -2.08. The molecule has 2 N–H and O–H groups in total. The lowest BCUT2D eigenvalue weighted by Crippen LogP contribution is -2.41. The van der Waals surface area contributed by atoms with Crippen LogP contribution in [0.4, 0.5) is 5.69 Å². The highest BCUT2D eigenvalue weighted by atomic mass is 16.5. The molecule has 0 saturated carbocycles. The number of carbonyl (C=O) groups excluding carboxylic acids is 1. The Kier molecular flexibility index (Phi) is 6.42. The van der Waals surface area contributed by atoms with Gasteiger partial charge in [-0.3, -0.25) is 4.79 Å². The standard InChI is InChI=1S/C19H28N2O4/c1-19(2,3)9-8-16(18(23)24)20-17(22)14-4-6-15(7-5-14)21-10-12-25-13-11-21/h4-7,16H,8-13H2,1-3H3,(H,20,22)(H,23,24). The Balaban J connectivity index is 1.97. The topological polar surface area (TPSA) is 78.9 Å². The molecule has 138 valence electrons. The third-order valence-corrected chi connectivity index (χ3v) is 4.29. The highest BCUT2D eigenvalue weighted by Gasteiger charge is 2.23. The van der Waals surface area contributed by atoms with E-state index in [2.05, 4.69) is 31.0 Å². The number of nitrogens with zero attached hydrogens (tertiary/aromatic N) is 1. The molecule has 0 bridgehead atoms. The summed E-state index contributed by atoms with van der Waals surface area (Å²) in [4.78, 5) is 26.0. The number of amides is 1. The van der Waals surface area contributed by atoms with Crippen LogP contribution in [0.1, 0.15) is 44.0 Å². The molecule has 0 aromatic heterocycles. The molecular weight excluding hydrogens is 320 g/mol. The molecule has 1 aliphatic heterocycles. The molecule has 6 nitrogen and oxygen atoms in total. The highest BCUT2D eigenvalue weighted by molar-refractivity contribution is 5.96. The number of hydrogen-bond donors (Lipinski definition) is 2. The van der Waals surface area contributed by atoms with Crippen molar-refractivity contribution in [3.63, 3.8) is 0 Å². The summed E-state index contributed by atoms with van der Waals surface area (Å²) in [6.07, 6.45) is 1.14. The first-order chi connectivity index (χ1) is 11.8. The lowest BCUT2D eigenvalue weighted by molar-refractivity contribution is -0.139. The van der Waals surface area contributed by atoms with E-state index < -0.39 is 12.0 Å². The average molecular weight is 348 g/mol. The van der Waals surface area contributed by atoms with Crippen LogP contribution in [0.15, 0.2) is 24.3 Å². The fourth-order valence-corrected chi connectivity index (χ4v) is 2.72. The number of rotatable bonds is 6. The zero-order valence-electron chi connectivity index (χ0n) is 15.2. The van der Waals surface area contributed by atoms with Crippen LogP contribution in [0.3, 0.4) is 0 Å². The van der Waals surface area contributed by atoms with Gasteiger partial charge in [-0.25, -0.2) is 4.79 Å². The predicted octanol–water partition coefficient (Wildman–Crippen LogP) is 2.53. The lowest BCUT2D eigenvalue weighted by Gasteiger charge is -2.28. The van der Waals surface area contributed by atoms with E-state index in [-0.39, 0.29) is 11.3 Å². The van der Waals surface area contributed by atoms with E-state index in [1.807, 2.05) is 12.1 Å². The monoisotopic (exact) mass is 348 g/mol. The van der Waals surface area contributed by atoms with Crippen molar-refractivity contribution >= 4 is 17.6 Å². The van der Waals surface area contributed by atoms with Crippen molar-refractivity contribution in [2.75, 3.05) is 31.2 Å². The van der Waals surface area contributed by atoms with Crippen LogP contribution in [0.2, 0.25) is 0 Å². The predicted molar refractivity (Wildman–Crippen MR) is 97.1 cm³/mol. The fourth-order valence-electron chi connectivity index (χ4n) is 2.72. The van der Waals surface area contributed by atoms with E-state index in [9.17, 15) is 14.7 Å². The summed E-state index contributed by atoms with van der Waals surface area (Å²) in [6.45, 7) is 9.24. The molecule has 1 saturated heterocycles. The van der Waals surface area contributed by atoms with Crippen LogP contribution in [0.25, 0.3) is 0 Å². The molecule has 1 fully saturated rings. The van der Waals surface area contributed by atoms with Crippen LogP contribution >= 0.6 is 0 Å². The third kappa shape index (κ3) is 6.05. The van der Waals surface area contributed by atoms with Gasteiger partial charge in [0.2, 0.25) is 0 Å². The lowest BCUT2D eigenvalue weighted by atomic mass is 9.88. The van der Waals surface area contributed by atoms with Gasteiger partial charge in [0.25, 0.3) is 5.91 Å². The van der Waals surface area contributed by atoms with E-state index in [0.717, 1.165) is 25.2 Å². The number of carbonyl (C=O) groups is 2. The van der Waals surface area contributed by atoms with Crippen molar-refractivity contribution in [1.29, 1.82) is 0 Å². The van der Waals surface area contributed by atoms with Crippen LogP contribution in [-0.4, -0.2) is 49.3 Å². The smallest absolute Gasteiger partial charge is 0.326 e. The Morgan fingerprint density at radius 1 is 1.20 bits per heavy atom. The molecule has 0 aliphatic carbocycles. The quantitative estimate of drug-likeness (QED) is 0.826. The minimum absolute atomic E-state index is 0.0260. The van der Waals surface area contributed by atoms with Crippen LogP contribution < -0.4 is 10.2 Å². The van der Waals surface area contributed by atoms with Crippen LogP contribution in [-0.2, 0) is 9.53 Å². The van der Waals surface area contributed by atoms with E-state index in [1.165, 1.54) is 0 Å². The summed E-state index contributed by atoms with van der Waals surface area (Å²) in [6, 6.07) is 6.40. The molecule has 1 amide bonds. The first-order valence-corrected chi connectivity index (χ1v) is 8.73. The van der Waals surface area contributed by atoms with E-state index in [4.69, 9.17) is 4.74 Å². The Morgan fingerprint density at radius 2 is 1.80 bits per heavy atom. The minimum atomic E-state index is -0.998. The summed E-state index contributed by atoms with van der Waals surface area (Å²) in [5.41, 5.74) is 1.54. The Bertz CT molecular complexity index is 586. The normalized spacial score (nSPS) is 16.4. The summed E-state index contributed by atoms with van der Waals surface area (Å²) in [7, 11) is 0. The number of morpholine rings is 1. The summed E-state index contributed by atoms with van der Waals surface area (Å²) in [5.74, 6) is -1.35. The van der Waals surface area contributed by atoms with Gasteiger partial charge in [0, 0.05) is 24.3 Å². The van der Waals surface area contributed by atoms with Crippen molar-refractivity contribution in [3.8, 4) is 0 Å². The van der Waals surface area contributed by atoms with Crippen molar-refractivity contribution in [1.82, 2.24) is 5.32 Å². The molecule has 0 radical (unpaired) electrons. The first kappa shape index (κ1) is 19.2. The average Bonchev–Trinajstić information content (AvgIpc) is 2.58. The second-order valence-electron chi connectivity index (χ2n) is 7.61. The minimum Gasteiger partial charge on any atom is -0.480 e. The SMILES string of the molecule is CC(C)(C)CCC(NC(=O)c1ccc(N2CCOCC2)cc1)C(=O)O. The Morgan fingerprint density at radius 3 is 2.32 bits per heavy atom. The van der Waals surface area contributed by atoms with Gasteiger partial charge in [-0.05, 0) is 42.5 Å². The molecule has 1 aliphatic rings. The molecule has 1 unspecified atom stereocenters. The molecule has 0 spiro atoms. The molecule has 2 rings (SSSR count). The largest absolute Gasteiger partial charge is 0.480 e. The van der Waals surface area contributed by atoms with Gasteiger partial charge in [0.05, 0.1) is 13.2 Å². The third-order valence-electron chi connectivity index (χ3n) is 4.29. The van der Waals surface area contributed by atoms with Crippen molar-refractivity contribution in [2.45, 2.75) is 39.7 Å². The number of ether oxygens (including phenoxy) is 1. The van der Waals surface area contributed by atoms with Crippen LogP contribution in [0, 0.1) is 5.41 Å². The number of benzene rings is 1. The number of carboxylic acid groups (broad SMARTS) is 1. The molecule has 1 aromatic rings. The fraction of sp³-hybridized carbons (Fsp3) is 0.579. The van der Waals surface area contributed by atoms with Gasteiger partial charge in [0.15, 0.2) is 0 Å². The second kappa shape index (κ2) is 8.34. The molecule has 1 aromatic carbocycles.